The van der Waals surface area contributed by atoms with Gasteiger partial charge in [-0.25, -0.2) is 4.39 Å². The monoisotopic (exact) mass is 475 g/mol. The molecule has 0 aliphatic heterocycles. The molecule has 3 rings (SSSR count). The average molecular weight is 477 g/mol. The van der Waals surface area contributed by atoms with Gasteiger partial charge >= 0.3 is 0 Å². The standard InChI is InChI=1S/C22H13BrCl2FNO/c23-18-6-4-14(5-7-18)13-28-22-20(24)9-15(10-21(22)25)8-17(12-27)16-2-1-3-19(26)11-16/h1-11H,13H2/b17-8-. The van der Waals surface area contributed by atoms with Crippen molar-refractivity contribution < 1.29 is 9.13 Å². The van der Waals surface area contributed by atoms with E-state index in [1.807, 2.05) is 24.3 Å². The molecular formula is C22H13BrCl2FNO. The van der Waals surface area contributed by atoms with Crippen molar-refractivity contribution in [3.05, 3.63) is 97.7 Å². The lowest BCUT2D eigenvalue weighted by Crippen LogP contribution is -1.97. The molecule has 140 valence electrons. The SMILES string of the molecule is N#C/C(=C/c1cc(Cl)c(OCc2ccc(Br)cc2)c(Cl)c1)c1cccc(F)c1. The van der Waals surface area contributed by atoms with Crippen LogP contribution in [0, 0.1) is 17.1 Å². The van der Waals surface area contributed by atoms with Crippen LogP contribution in [0.25, 0.3) is 11.6 Å². The minimum atomic E-state index is -0.411. The van der Waals surface area contributed by atoms with Crippen LogP contribution < -0.4 is 4.74 Å². The molecule has 0 fully saturated rings. The van der Waals surface area contributed by atoms with E-state index in [0.717, 1.165) is 10.0 Å². The third-order valence-electron chi connectivity index (χ3n) is 3.88. The van der Waals surface area contributed by atoms with Crippen LogP contribution in [-0.2, 0) is 6.61 Å². The van der Waals surface area contributed by atoms with Gasteiger partial charge < -0.3 is 4.74 Å². The molecule has 3 aromatic carbocycles. The second kappa shape index (κ2) is 9.25. The Hall–Kier alpha value is -2.32. The first kappa shape index (κ1) is 20.4. The number of nitrogens with zero attached hydrogens (tertiary/aromatic N) is 1. The van der Waals surface area contributed by atoms with Crippen molar-refractivity contribution >= 4 is 50.8 Å². The normalized spacial score (nSPS) is 11.2. The van der Waals surface area contributed by atoms with E-state index in [4.69, 9.17) is 27.9 Å². The zero-order valence-electron chi connectivity index (χ0n) is 14.4. The van der Waals surface area contributed by atoms with Crippen molar-refractivity contribution in [3.8, 4) is 11.8 Å². The number of allylic oxidation sites excluding steroid dienone is 1. The van der Waals surface area contributed by atoms with Gasteiger partial charge in [-0.2, -0.15) is 5.26 Å². The Balaban J connectivity index is 1.84. The Labute approximate surface area is 180 Å². The molecule has 0 aliphatic carbocycles. The largest absolute Gasteiger partial charge is 0.486 e. The highest BCUT2D eigenvalue weighted by Crippen LogP contribution is 2.36. The molecular weight excluding hydrogens is 464 g/mol. The van der Waals surface area contributed by atoms with Crippen molar-refractivity contribution in [3.63, 3.8) is 0 Å². The van der Waals surface area contributed by atoms with Crippen LogP contribution in [0.4, 0.5) is 4.39 Å². The lowest BCUT2D eigenvalue weighted by Gasteiger charge is -2.11. The van der Waals surface area contributed by atoms with Crippen LogP contribution in [0.1, 0.15) is 16.7 Å². The van der Waals surface area contributed by atoms with E-state index in [9.17, 15) is 9.65 Å². The van der Waals surface area contributed by atoms with E-state index in [-0.39, 0.29) is 0 Å². The molecule has 0 radical (unpaired) electrons. The Morgan fingerprint density at radius 2 is 1.75 bits per heavy atom. The fraction of sp³-hybridized carbons (Fsp3) is 0.0455. The summed E-state index contributed by atoms with van der Waals surface area (Å²) in [4.78, 5) is 0. The number of rotatable bonds is 5. The fourth-order valence-corrected chi connectivity index (χ4v) is 3.42. The summed E-state index contributed by atoms with van der Waals surface area (Å²) in [5, 5.41) is 10.1. The van der Waals surface area contributed by atoms with Crippen LogP contribution in [-0.4, -0.2) is 0 Å². The molecule has 6 heteroatoms. The molecule has 0 bridgehead atoms. The van der Waals surface area contributed by atoms with Crippen molar-refractivity contribution in [1.29, 1.82) is 5.26 Å². The Bertz CT molecular complexity index is 1050. The third-order valence-corrected chi connectivity index (χ3v) is 4.97. The predicted molar refractivity (Wildman–Crippen MR) is 115 cm³/mol. The number of nitriles is 1. The molecule has 0 saturated heterocycles. The van der Waals surface area contributed by atoms with E-state index >= 15 is 0 Å². The summed E-state index contributed by atoms with van der Waals surface area (Å²) in [5.41, 5.74) is 2.37. The molecule has 0 spiro atoms. The predicted octanol–water partition coefficient (Wildman–Crippen LogP) is 7.54. The smallest absolute Gasteiger partial charge is 0.157 e. The summed E-state index contributed by atoms with van der Waals surface area (Å²) in [6, 6.07) is 18.9. The summed E-state index contributed by atoms with van der Waals surface area (Å²) < 4.78 is 20.2. The highest BCUT2D eigenvalue weighted by Gasteiger charge is 2.11. The number of hydrogen-bond donors (Lipinski definition) is 0. The summed E-state index contributed by atoms with van der Waals surface area (Å²) in [7, 11) is 0. The molecule has 0 saturated carbocycles. The molecule has 0 amide bonds. The second-order valence-electron chi connectivity index (χ2n) is 5.91. The van der Waals surface area contributed by atoms with Crippen molar-refractivity contribution in [2.45, 2.75) is 6.61 Å². The Morgan fingerprint density at radius 1 is 1.07 bits per heavy atom. The Kier molecular flexibility index (Phi) is 6.74. The van der Waals surface area contributed by atoms with Crippen molar-refractivity contribution in [2.75, 3.05) is 0 Å². The van der Waals surface area contributed by atoms with Crippen LogP contribution >= 0.6 is 39.1 Å². The highest BCUT2D eigenvalue weighted by molar-refractivity contribution is 9.10. The molecule has 0 atom stereocenters. The van der Waals surface area contributed by atoms with Gasteiger partial charge in [0.25, 0.3) is 0 Å². The number of halogens is 4. The van der Waals surface area contributed by atoms with Gasteiger partial charge in [0.1, 0.15) is 12.4 Å². The topological polar surface area (TPSA) is 33.0 Å². The maximum absolute atomic E-state index is 13.4. The molecule has 0 N–H and O–H groups in total. The number of benzene rings is 3. The summed E-state index contributed by atoms with van der Waals surface area (Å²) in [6.07, 6.45) is 1.60. The van der Waals surface area contributed by atoms with E-state index in [0.29, 0.717) is 39.1 Å². The van der Waals surface area contributed by atoms with Gasteiger partial charge in [0, 0.05) is 4.47 Å². The van der Waals surface area contributed by atoms with Crippen molar-refractivity contribution in [2.24, 2.45) is 0 Å². The van der Waals surface area contributed by atoms with E-state index < -0.39 is 5.82 Å². The fourth-order valence-electron chi connectivity index (χ4n) is 2.54. The van der Waals surface area contributed by atoms with E-state index in [1.54, 1.807) is 30.3 Å². The van der Waals surface area contributed by atoms with Gasteiger partial charge in [0.05, 0.1) is 21.7 Å². The Morgan fingerprint density at radius 3 is 2.36 bits per heavy atom. The highest BCUT2D eigenvalue weighted by atomic mass is 79.9. The third kappa shape index (κ3) is 5.14. The summed E-state index contributed by atoms with van der Waals surface area (Å²) in [5.74, 6) is -0.0425. The van der Waals surface area contributed by atoms with Gasteiger partial charge in [0.2, 0.25) is 0 Å². The molecule has 0 aromatic heterocycles. The van der Waals surface area contributed by atoms with Crippen LogP contribution in [0.3, 0.4) is 0 Å². The van der Waals surface area contributed by atoms with Crippen LogP contribution in [0.15, 0.2) is 65.1 Å². The van der Waals surface area contributed by atoms with Gasteiger partial charge in [-0.1, -0.05) is 63.4 Å². The summed E-state index contributed by atoms with van der Waals surface area (Å²) in [6.45, 7) is 0.314. The lowest BCUT2D eigenvalue weighted by molar-refractivity contribution is 0.306. The minimum absolute atomic E-state index is 0.301. The molecule has 0 unspecified atom stereocenters. The maximum Gasteiger partial charge on any atom is 0.157 e. The van der Waals surface area contributed by atoms with Crippen LogP contribution in [0.5, 0.6) is 5.75 Å². The minimum Gasteiger partial charge on any atom is -0.486 e. The summed E-state index contributed by atoms with van der Waals surface area (Å²) >= 11 is 16.1. The maximum atomic E-state index is 13.4. The molecule has 3 aromatic rings. The quantitative estimate of drug-likeness (QED) is 0.281. The number of ether oxygens (including phenoxy) is 1. The van der Waals surface area contributed by atoms with E-state index in [2.05, 4.69) is 22.0 Å². The first-order valence-corrected chi connectivity index (χ1v) is 9.75. The molecule has 0 aliphatic rings. The van der Waals surface area contributed by atoms with Gasteiger partial charge in [-0.3, -0.25) is 0 Å². The first-order valence-electron chi connectivity index (χ1n) is 8.20. The lowest BCUT2D eigenvalue weighted by atomic mass is 10.0. The average Bonchev–Trinajstić information content (AvgIpc) is 2.67. The van der Waals surface area contributed by atoms with Crippen molar-refractivity contribution in [1.82, 2.24) is 0 Å². The van der Waals surface area contributed by atoms with Gasteiger partial charge in [-0.05, 0) is 59.2 Å². The van der Waals surface area contributed by atoms with Gasteiger partial charge in [-0.15, -0.1) is 0 Å². The first-order chi connectivity index (χ1) is 13.5. The molecule has 2 nitrogen and oxygen atoms in total. The van der Waals surface area contributed by atoms with E-state index in [1.165, 1.54) is 12.1 Å². The molecule has 0 heterocycles. The number of hydrogen-bond acceptors (Lipinski definition) is 2. The molecule has 28 heavy (non-hydrogen) atoms. The zero-order chi connectivity index (χ0) is 20.1. The van der Waals surface area contributed by atoms with Gasteiger partial charge in [0.15, 0.2) is 5.75 Å². The van der Waals surface area contributed by atoms with Crippen LogP contribution in [0.2, 0.25) is 10.0 Å². The second-order valence-corrected chi connectivity index (χ2v) is 7.64. The zero-order valence-corrected chi connectivity index (χ0v) is 17.5.